The highest BCUT2D eigenvalue weighted by Gasteiger charge is 2.07. The van der Waals surface area contributed by atoms with Gasteiger partial charge in [0, 0.05) is 17.3 Å². The van der Waals surface area contributed by atoms with E-state index in [1.54, 1.807) is 18.2 Å². The summed E-state index contributed by atoms with van der Waals surface area (Å²) in [5.41, 5.74) is 2.15. The zero-order chi connectivity index (χ0) is 10.7. The summed E-state index contributed by atoms with van der Waals surface area (Å²) in [6, 6.07) is 5.35. The standard InChI is InChI=1S/C11H10BrNO2/c12-5-1-2-10(14)8-3-4-9-11(6-8)15-7-13-9/h3-4,6-7H,1-2,5H2. The Hall–Kier alpha value is -1.16. The minimum atomic E-state index is 0.146. The number of halogens is 1. The van der Waals surface area contributed by atoms with Crippen molar-refractivity contribution in [2.24, 2.45) is 0 Å². The third kappa shape index (κ3) is 2.26. The van der Waals surface area contributed by atoms with Crippen LogP contribution in [0.2, 0.25) is 0 Å². The Morgan fingerprint density at radius 2 is 2.33 bits per heavy atom. The van der Waals surface area contributed by atoms with Gasteiger partial charge in [0.1, 0.15) is 5.52 Å². The molecule has 0 bridgehead atoms. The first-order chi connectivity index (χ1) is 7.31. The lowest BCUT2D eigenvalue weighted by molar-refractivity contribution is 0.0982. The molecule has 3 nitrogen and oxygen atoms in total. The van der Waals surface area contributed by atoms with Crippen LogP contribution in [0.3, 0.4) is 0 Å². The zero-order valence-electron chi connectivity index (χ0n) is 8.07. The van der Waals surface area contributed by atoms with Gasteiger partial charge < -0.3 is 4.42 Å². The lowest BCUT2D eigenvalue weighted by Gasteiger charge is -1.98. The van der Waals surface area contributed by atoms with Crippen molar-refractivity contribution < 1.29 is 9.21 Å². The number of carbonyl (C=O) groups excluding carboxylic acids is 1. The monoisotopic (exact) mass is 267 g/mol. The van der Waals surface area contributed by atoms with E-state index in [1.807, 2.05) is 0 Å². The summed E-state index contributed by atoms with van der Waals surface area (Å²) in [5.74, 6) is 0.146. The maximum absolute atomic E-state index is 11.7. The molecule has 0 atom stereocenters. The van der Waals surface area contributed by atoms with Crippen LogP contribution in [0.4, 0.5) is 0 Å². The van der Waals surface area contributed by atoms with E-state index >= 15 is 0 Å². The highest BCUT2D eigenvalue weighted by molar-refractivity contribution is 9.09. The van der Waals surface area contributed by atoms with Gasteiger partial charge in [-0.1, -0.05) is 15.9 Å². The molecule has 0 aliphatic carbocycles. The molecule has 0 aliphatic heterocycles. The first-order valence-electron chi connectivity index (χ1n) is 4.73. The van der Waals surface area contributed by atoms with Gasteiger partial charge in [0.05, 0.1) is 0 Å². The van der Waals surface area contributed by atoms with Crippen molar-refractivity contribution >= 4 is 32.8 Å². The SMILES string of the molecule is O=C(CCCBr)c1ccc2ncoc2c1. The molecule has 2 rings (SSSR count). The largest absolute Gasteiger partial charge is 0.443 e. The summed E-state index contributed by atoms with van der Waals surface area (Å²) in [6.07, 6.45) is 2.80. The maximum Gasteiger partial charge on any atom is 0.181 e. The van der Waals surface area contributed by atoms with E-state index in [-0.39, 0.29) is 5.78 Å². The van der Waals surface area contributed by atoms with Gasteiger partial charge in [-0.3, -0.25) is 4.79 Å². The molecule has 1 aromatic carbocycles. The number of oxazole rings is 1. The van der Waals surface area contributed by atoms with Crippen LogP contribution in [-0.4, -0.2) is 16.1 Å². The second-order valence-corrected chi connectivity index (χ2v) is 4.04. The van der Waals surface area contributed by atoms with E-state index in [0.717, 1.165) is 17.3 Å². The summed E-state index contributed by atoms with van der Waals surface area (Å²) < 4.78 is 5.14. The molecule has 15 heavy (non-hydrogen) atoms. The smallest absolute Gasteiger partial charge is 0.181 e. The minimum absolute atomic E-state index is 0.146. The topological polar surface area (TPSA) is 43.1 Å². The first kappa shape index (κ1) is 10.4. The van der Waals surface area contributed by atoms with Crippen LogP contribution in [0.1, 0.15) is 23.2 Å². The predicted molar refractivity (Wildman–Crippen MR) is 61.4 cm³/mol. The lowest BCUT2D eigenvalue weighted by Crippen LogP contribution is -1.98. The normalized spacial score (nSPS) is 10.7. The van der Waals surface area contributed by atoms with Crippen LogP contribution in [0, 0.1) is 0 Å². The maximum atomic E-state index is 11.7. The van der Waals surface area contributed by atoms with Gasteiger partial charge in [0.15, 0.2) is 17.8 Å². The number of aromatic nitrogens is 1. The number of hydrogen-bond acceptors (Lipinski definition) is 3. The summed E-state index contributed by atoms with van der Waals surface area (Å²) in [5, 5.41) is 0.850. The fraction of sp³-hybridized carbons (Fsp3) is 0.273. The highest BCUT2D eigenvalue weighted by atomic mass is 79.9. The molecule has 0 unspecified atom stereocenters. The highest BCUT2D eigenvalue weighted by Crippen LogP contribution is 2.16. The van der Waals surface area contributed by atoms with E-state index in [4.69, 9.17) is 4.42 Å². The quantitative estimate of drug-likeness (QED) is 0.631. The van der Waals surface area contributed by atoms with E-state index < -0.39 is 0 Å². The van der Waals surface area contributed by atoms with Crippen LogP contribution in [0.25, 0.3) is 11.1 Å². The predicted octanol–water partition coefficient (Wildman–Crippen LogP) is 3.19. The third-order valence-electron chi connectivity index (χ3n) is 2.19. The molecule has 78 valence electrons. The molecular formula is C11H10BrNO2. The third-order valence-corrected chi connectivity index (χ3v) is 2.75. The molecule has 0 spiro atoms. The number of hydrogen-bond donors (Lipinski definition) is 0. The Morgan fingerprint density at radius 3 is 3.13 bits per heavy atom. The molecule has 0 radical (unpaired) electrons. The second kappa shape index (κ2) is 4.57. The molecule has 1 aromatic heterocycles. The Labute approximate surface area is 95.6 Å². The van der Waals surface area contributed by atoms with Crippen molar-refractivity contribution in [2.45, 2.75) is 12.8 Å². The molecule has 0 amide bonds. The number of rotatable bonds is 4. The molecule has 0 aliphatic rings. The average Bonchev–Trinajstić information content (AvgIpc) is 2.72. The number of nitrogens with zero attached hydrogens (tertiary/aromatic N) is 1. The number of Topliss-reactive ketones (excluding diaryl/α,β-unsaturated/α-hetero) is 1. The molecule has 0 saturated heterocycles. The summed E-state index contributed by atoms with van der Waals surface area (Å²) in [4.78, 5) is 15.7. The first-order valence-corrected chi connectivity index (χ1v) is 5.86. The Kier molecular flexibility index (Phi) is 3.16. The van der Waals surface area contributed by atoms with Crippen molar-refractivity contribution in [1.82, 2.24) is 4.98 Å². The second-order valence-electron chi connectivity index (χ2n) is 3.25. The molecule has 1 heterocycles. The molecular weight excluding hydrogens is 258 g/mol. The Morgan fingerprint density at radius 1 is 1.47 bits per heavy atom. The van der Waals surface area contributed by atoms with Crippen LogP contribution in [0.15, 0.2) is 29.0 Å². The van der Waals surface area contributed by atoms with Gasteiger partial charge in [0.25, 0.3) is 0 Å². The minimum Gasteiger partial charge on any atom is -0.443 e. The number of ketones is 1. The summed E-state index contributed by atoms with van der Waals surface area (Å²) >= 11 is 3.30. The van der Waals surface area contributed by atoms with Crippen LogP contribution in [-0.2, 0) is 0 Å². The van der Waals surface area contributed by atoms with Crippen molar-refractivity contribution in [3.63, 3.8) is 0 Å². The van der Waals surface area contributed by atoms with Crippen molar-refractivity contribution in [3.05, 3.63) is 30.2 Å². The number of benzene rings is 1. The van der Waals surface area contributed by atoms with Gasteiger partial charge in [0.2, 0.25) is 0 Å². The summed E-state index contributed by atoms with van der Waals surface area (Å²) in [7, 11) is 0. The molecule has 4 heteroatoms. The zero-order valence-corrected chi connectivity index (χ0v) is 9.66. The van der Waals surface area contributed by atoms with E-state index in [0.29, 0.717) is 17.6 Å². The number of carbonyl (C=O) groups is 1. The molecule has 0 saturated carbocycles. The lowest BCUT2D eigenvalue weighted by atomic mass is 10.1. The van der Waals surface area contributed by atoms with Crippen molar-refractivity contribution in [1.29, 1.82) is 0 Å². The molecule has 2 aromatic rings. The van der Waals surface area contributed by atoms with E-state index in [2.05, 4.69) is 20.9 Å². The van der Waals surface area contributed by atoms with E-state index in [1.165, 1.54) is 6.39 Å². The van der Waals surface area contributed by atoms with Gasteiger partial charge in [-0.2, -0.15) is 0 Å². The molecule has 0 N–H and O–H groups in total. The van der Waals surface area contributed by atoms with Gasteiger partial charge in [-0.25, -0.2) is 4.98 Å². The number of alkyl halides is 1. The van der Waals surface area contributed by atoms with E-state index in [9.17, 15) is 4.79 Å². The summed E-state index contributed by atoms with van der Waals surface area (Å²) in [6.45, 7) is 0. The van der Waals surface area contributed by atoms with Gasteiger partial charge in [-0.15, -0.1) is 0 Å². The molecule has 0 fully saturated rings. The van der Waals surface area contributed by atoms with Gasteiger partial charge in [-0.05, 0) is 24.6 Å². The number of fused-ring (bicyclic) bond motifs is 1. The fourth-order valence-corrected chi connectivity index (χ4v) is 1.68. The van der Waals surface area contributed by atoms with Crippen molar-refractivity contribution in [2.75, 3.05) is 5.33 Å². The van der Waals surface area contributed by atoms with Crippen LogP contribution < -0.4 is 0 Å². The van der Waals surface area contributed by atoms with Crippen molar-refractivity contribution in [3.8, 4) is 0 Å². The van der Waals surface area contributed by atoms with Crippen LogP contribution >= 0.6 is 15.9 Å². The fourth-order valence-electron chi connectivity index (χ4n) is 1.40. The Balaban J connectivity index is 2.23. The average molecular weight is 268 g/mol. The van der Waals surface area contributed by atoms with Gasteiger partial charge >= 0.3 is 0 Å². The Bertz CT molecular complexity index is 478. The van der Waals surface area contributed by atoms with Crippen LogP contribution in [0.5, 0.6) is 0 Å².